The zero-order valence-corrected chi connectivity index (χ0v) is 22.1. The Kier molecular flexibility index (Phi) is 6.99. The molecule has 4 aromatic rings. The molecule has 2 aliphatic rings. The maximum atomic E-state index is 10.1. The maximum Gasteiger partial charge on any atom is 0.150 e. The Labute approximate surface area is 223 Å². The quantitative estimate of drug-likeness (QED) is 0.258. The molecule has 1 unspecified atom stereocenters. The minimum atomic E-state index is -0.250. The summed E-state index contributed by atoms with van der Waals surface area (Å²) in [5, 5.41) is 12.2. The average molecular weight is 512 g/mol. The summed E-state index contributed by atoms with van der Waals surface area (Å²) in [7, 11) is 0. The van der Waals surface area contributed by atoms with E-state index in [1.807, 2.05) is 23.9 Å². The number of piperidine rings is 1. The molecule has 2 heterocycles. The number of phenols is 1. The standard InChI is InChI=1S/C32H33NO3S/c1-2-37-26-12-15-28-29-13-8-23-20-24(34)9-14-27(23)31(29)32(36-30(28)21-26)22-6-10-25(11-7-22)35-19-18-33-16-4-3-5-17-33/h6-15,20-21,32,34H,2-5,16-19H2,1H3. The third-order valence-electron chi connectivity index (χ3n) is 7.41. The molecule has 0 bridgehead atoms. The third kappa shape index (κ3) is 5.03. The summed E-state index contributed by atoms with van der Waals surface area (Å²) in [4.78, 5) is 3.71. The third-order valence-corrected chi connectivity index (χ3v) is 8.29. The molecule has 0 aliphatic carbocycles. The van der Waals surface area contributed by atoms with E-state index in [9.17, 15) is 5.11 Å². The molecule has 1 fully saturated rings. The zero-order chi connectivity index (χ0) is 25.2. The van der Waals surface area contributed by atoms with Crippen LogP contribution >= 0.6 is 11.8 Å². The van der Waals surface area contributed by atoms with Crippen molar-refractivity contribution in [3.63, 3.8) is 0 Å². The number of aromatic hydroxyl groups is 1. The Hall–Kier alpha value is -3.15. The van der Waals surface area contributed by atoms with E-state index in [1.54, 1.807) is 6.07 Å². The van der Waals surface area contributed by atoms with Gasteiger partial charge in [-0.25, -0.2) is 0 Å². The monoisotopic (exact) mass is 511 g/mol. The summed E-state index contributed by atoms with van der Waals surface area (Å²) in [5.74, 6) is 3.10. The van der Waals surface area contributed by atoms with E-state index in [-0.39, 0.29) is 11.9 Å². The van der Waals surface area contributed by atoms with Gasteiger partial charge in [0, 0.05) is 22.6 Å². The van der Waals surface area contributed by atoms with Crippen molar-refractivity contribution >= 4 is 22.5 Å². The molecule has 190 valence electrons. The molecule has 0 spiro atoms. The largest absolute Gasteiger partial charge is 0.508 e. The number of benzene rings is 4. The van der Waals surface area contributed by atoms with Gasteiger partial charge in [-0.05, 0) is 96.0 Å². The average Bonchev–Trinajstić information content (AvgIpc) is 2.93. The second-order valence-corrected chi connectivity index (χ2v) is 11.2. The Bertz CT molecular complexity index is 1400. The molecule has 1 atom stereocenters. The molecule has 0 aromatic heterocycles. The smallest absolute Gasteiger partial charge is 0.150 e. The van der Waals surface area contributed by atoms with Crippen molar-refractivity contribution in [2.24, 2.45) is 0 Å². The van der Waals surface area contributed by atoms with E-state index < -0.39 is 0 Å². The lowest BCUT2D eigenvalue weighted by Gasteiger charge is -2.31. The summed E-state index contributed by atoms with van der Waals surface area (Å²) < 4.78 is 12.8. The number of nitrogens with zero attached hydrogens (tertiary/aromatic N) is 1. The van der Waals surface area contributed by atoms with E-state index in [0.29, 0.717) is 6.61 Å². The van der Waals surface area contributed by atoms with Crippen LogP contribution in [0.5, 0.6) is 17.2 Å². The predicted octanol–water partition coefficient (Wildman–Crippen LogP) is 7.67. The molecule has 4 aromatic carbocycles. The first-order valence-corrected chi connectivity index (χ1v) is 14.3. The first-order valence-electron chi connectivity index (χ1n) is 13.3. The highest BCUT2D eigenvalue weighted by Crippen LogP contribution is 2.48. The normalized spacial score (nSPS) is 17.2. The molecule has 2 aliphatic heterocycles. The van der Waals surface area contributed by atoms with Crippen LogP contribution in [-0.2, 0) is 0 Å². The summed E-state index contributed by atoms with van der Waals surface area (Å²) in [6.45, 7) is 6.23. The van der Waals surface area contributed by atoms with E-state index in [4.69, 9.17) is 9.47 Å². The van der Waals surface area contributed by atoms with Gasteiger partial charge < -0.3 is 14.6 Å². The van der Waals surface area contributed by atoms with Crippen LogP contribution in [0.15, 0.2) is 77.7 Å². The lowest BCUT2D eigenvalue weighted by molar-refractivity contribution is 0.183. The minimum absolute atomic E-state index is 0.250. The number of likely N-dealkylation sites (tertiary alicyclic amines) is 1. The van der Waals surface area contributed by atoms with Gasteiger partial charge in [-0.3, -0.25) is 4.90 Å². The van der Waals surface area contributed by atoms with Crippen LogP contribution in [0, 0.1) is 0 Å². The van der Waals surface area contributed by atoms with Crippen molar-refractivity contribution in [1.82, 2.24) is 4.90 Å². The molecular formula is C32H33NO3S. The van der Waals surface area contributed by atoms with Crippen molar-refractivity contribution in [1.29, 1.82) is 0 Å². The highest BCUT2D eigenvalue weighted by atomic mass is 32.2. The van der Waals surface area contributed by atoms with Gasteiger partial charge in [0.2, 0.25) is 0 Å². The van der Waals surface area contributed by atoms with Crippen molar-refractivity contribution in [3.8, 4) is 28.4 Å². The van der Waals surface area contributed by atoms with Crippen LogP contribution in [-0.4, -0.2) is 42.0 Å². The highest BCUT2D eigenvalue weighted by Gasteiger charge is 2.29. The van der Waals surface area contributed by atoms with E-state index in [1.165, 1.54) is 42.8 Å². The van der Waals surface area contributed by atoms with Crippen LogP contribution in [0.1, 0.15) is 43.4 Å². The van der Waals surface area contributed by atoms with Gasteiger partial charge >= 0.3 is 0 Å². The summed E-state index contributed by atoms with van der Waals surface area (Å²) >= 11 is 1.82. The fourth-order valence-corrected chi connectivity index (χ4v) is 6.26. The Morgan fingerprint density at radius 2 is 1.73 bits per heavy atom. The van der Waals surface area contributed by atoms with E-state index in [2.05, 4.69) is 66.4 Å². The number of fused-ring (bicyclic) bond motifs is 5. The lowest BCUT2D eigenvalue weighted by Crippen LogP contribution is -2.33. The highest BCUT2D eigenvalue weighted by molar-refractivity contribution is 7.99. The van der Waals surface area contributed by atoms with Crippen molar-refractivity contribution < 1.29 is 14.6 Å². The van der Waals surface area contributed by atoms with E-state index >= 15 is 0 Å². The van der Waals surface area contributed by atoms with Crippen LogP contribution in [0.4, 0.5) is 0 Å². The molecule has 6 rings (SSSR count). The van der Waals surface area contributed by atoms with Crippen LogP contribution < -0.4 is 9.47 Å². The van der Waals surface area contributed by atoms with Gasteiger partial charge in [0.1, 0.15) is 23.9 Å². The Morgan fingerprint density at radius 3 is 2.54 bits per heavy atom. The molecular weight excluding hydrogens is 478 g/mol. The summed E-state index contributed by atoms with van der Waals surface area (Å²) in [5.41, 5.74) is 4.52. The van der Waals surface area contributed by atoms with Gasteiger partial charge in [-0.15, -0.1) is 11.8 Å². The SMILES string of the molecule is CCSc1ccc2c(c1)OC(c1ccc(OCCN3CCCCC3)cc1)c1c-2ccc2cc(O)ccc12. The summed E-state index contributed by atoms with van der Waals surface area (Å²) in [6, 6.07) is 24.7. The zero-order valence-electron chi connectivity index (χ0n) is 21.3. The number of hydrogen-bond acceptors (Lipinski definition) is 5. The number of phenolic OH excluding ortho intramolecular Hbond substituents is 1. The fraction of sp³-hybridized carbons (Fsp3) is 0.312. The van der Waals surface area contributed by atoms with E-state index in [0.717, 1.165) is 51.3 Å². The summed E-state index contributed by atoms with van der Waals surface area (Å²) in [6.07, 6.45) is 3.70. The first kappa shape index (κ1) is 24.2. The van der Waals surface area contributed by atoms with Crippen molar-refractivity contribution in [2.45, 2.75) is 37.2 Å². The van der Waals surface area contributed by atoms with Crippen LogP contribution in [0.25, 0.3) is 21.9 Å². The number of thioether (sulfide) groups is 1. The molecule has 37 heavy (non-hydrogen) atoms. The molecule has 4 nitrogen and oxygen atoms in total. The van der Waals surface area contributed by atoms with Crippen molar-refractivity contribution in [2.75, 3.05) is 32.0 Å². The number of rotatable bonds is 7. The second-order valence-electron chi connectivity index (χ2n) is 9.84. The second kappa shape index (κ2) is 10.7. The minimum Gasteiger partial charge on any atom is -0.508 e. The molecule has 1 saturated heterocycles. The van der Waals surface area contributed by atoms with Gasteiger partial charge in [-0.1, -0.05) is 43.7 Å². The first-order chi connectivity index (χ1) is 18.2. The lowest BCUT2D eigenvalue weighted by atomic mass is 9.86. The molecule has 1 N–H and O–H groups in total. The van der Waals surface area contributed by atoms with Crippen molar-refractivity contribution in [3.05, 3.63) is 83.9 Å². The van der Waals surface area contributed by atoms with Gasteiger partial charge in [0.25, 0.3) is 0 Å². The fourth-order valence-electron chi connectivity index (χ4n) is 5.57. The molecule has 0 amide bonds. The van der Waals surface area contributed by atoms with Gasteiger partial charge in [0.15, 0.2) is 6.10 Å². The predicted molar refractivity (Wildman–Crippen MR) is 152 cm³/mol. The number of ether oxygens (including phenoxy) is 2. The van der Waals surface area contributed by atoms with Gasteiger partial charge in [-0.2, -0.15) is 0 Å². The van der Waals surface area contributed by atoms with Crippen LogP contribution in [0.3, 0.4) is 0 Å². The topological polar surface area (TPSA) is 41.9 Å². The number of hydrogen-bond donors (Lipinski definition) is 1. The van der Waals surface area contributed by atoms with Gasteiger partial charge in [0.05, 0.1) is 0 Å². The molecule has 0 radical (unpaired) electrons. The Balaban J connectivity index is 1.32. The maximum absolute atomic E-state index is 10.1. The Morgan fingerprint density at radius 1 is 0.919 bits per heavy atom. The molecule has 0 saturated carbocycles. The van der Waals surface area contributed by atoms with Crippen LogP contribution in [0.2, 0.25) is 0 Å². The molecule has 5 heteroatoms.